The molecule has 0 unspecified atom stereocenters. The first-order chi connectivity index (χ1) is 7.77. The Kier molecular flexibility index (Phi) is 2.95. The zero-order chi connectivity index (χ0) is 11.4. The van der Waals surface area contributed by atoms with Gasteiger partial charge in [-0.2, -0.15) is 5.10 Å². The van der Waals surface area contributed by atoms with Crippen LogP contribution in [0.15, 0.2) is 34.0 Å². The van der Waals surface area contributed by atoms with Crippen molar-refractivity contribution in [1.29, 1.82) is 0 Å². The van der Waals surface area contributed by atoms with Crippen molar-refractivity contribution in [1.82, 2.24) is 14.9 Å². The molecule has 82 valence electrons. The zero-order valence-electron chi connectivity index (χ0n) is 9.16. The molecule has 0 amide bonds. The molecule has 0 radical (unpaired) electrons. The monoisotopic (exact) mass is 216 g/mol. The summed E-state index contributed by atoms with van der Waals surface area (Å²) in [5.41, 5.74) is 0. The molecule has 0 aromatic carbocycles. The normalized spacial score (nSPS) is 11.9. The molecule has 0 saturated heterocycles. The Morgan fingerprint density at radius 2 is 2.06 bits per heavy atom. The van der Waals surface area contributed by atoms with Crippen molar-refractivity contribution in [3.8, 4) is 0 Å². The van der Waals surface area contributed by atoms with Gasteiger partial charge in [0.2, 0.25) is 0 Å². The fourth-order valence-corrected chi connectivity index (χ4v) is 1.26. The number of hydrogen-bond acceptors (Lipinski definition) is 4. The van der Waals surface area contributed by atoms with Gasteiger partial charge < -0.3 is 4.42 Å². The molecule has 0 atom stereocenters. The Morgan fingerprint density at radius 1 is 1.31 bits per heavy atom. The predicted octanol–water partition coefficient (Wildman–Crippen LogP) is 2.04. The summed E-state index contributed by atoms with van der Waals surface area (Å²) in [5.74, 6) is 2.32. The van der Waals surface area contributed by atoms with E-state index in [1.165, 1.54) is 0 Å². The number of nitrogens with zero attached hydrogens (tertiary/aromatic N) is 4. The van der Waals surface area contributed by atoms with E-state index in [1.807, 2.05) is 32.1 Å². The highest BCUT2D eigenvalue weighted by Gasteiger charge is 1.99. The summed E-state index contributed by atoms with van der Waals surface area (Å²) in [6.07, 6.45) is 6.94. The maximum Gasteiger partial charge on any atom is 0.151 e. The second-order valence-electron chi connectivity index (χ2n) is 3.25. The van der Waals surface area contributed by atoms with Gasteiger partial charge in [0.15, 0.2) is 11.6 Å². The highest BCUT2D eigenvalue weighted by Crippen LogP contribution is 2.01. The summed E-state index contributed by atoms with van der Waals surface area (Å²) < 4.78 is 6.81. The van der Waals surface area contributed by atoms with Gasteiger partial charge in [-0.1, -0.05) is 0 Å². The summed E-state index contributed by atoms with van der Waals surface area (Å²) in [7, 11) is 0. The maximum absolute atomic E-state index is 5.14. The van der Waals surface area contributed by atoms with E-state index in [4.69, 9.17) is 4.42 Å². The van der Waals surface area contributed by atoms with Gasteiger partial charge in [-0.25, -0.2) is 4.68 Å². The summed E-state index contributed by atoms with van der Waals surface area (Å²) in [4.78, 5) is 0. The second kappa shape index (κ2) is 4.57. The fourth-order valence-electron chi connectivity index (χ4n) is 1.26. The number of hydrogen-bond donors (Lipinski definition) is 0. The van der Waals surface area contributed by atoms with Crippen molar-refractivity contribution in [2.75, 3.05) is 0 Å². The highest BCUT2D eigenvalue weighted by atomic mass is 16.3. The first-order valence-corrected chi connectivity index (χ1v) is 4.90. The SMILES string of the molecule is Cc1nnc(C)n1/N=C\C=Cc1ccco1. The molecule has 0 aliphatic heterocycles. The van der Waals surface area contributed by atoms with Crippen LogP contribution < -0.4 is 0 Å². The lowest BCUT2D eigenvalue weighted by Gasteiger charge is -1.94. The first-order valence-electron chi connectivity index (χ1n) is 4.90. The van der Waals surface area contributed by atoms with Crippen molar-refractivity contribution >= 4 is 12.3 Å². The van der Waals surface area contributed by atoms with Crippen molar-refractivity contribution in [3.05, 3.63) is 41.9 Å². The van der Waals surface area contributed by atoms with Crippen LogP contribution in [0.2, 0.25) is 0 Å². The van der Waals surface area contributed by atoms with Gasteiger partial charge in [-0.3, -0.25) is 0 Å². The molecule has 0 aliphatic rings. The van der Waals surface area contributed by atoms with E-state index in [0.29, 0.717) is 0 Å². The number of furan rings is 1. The van der Waals surface area contributed by atoms with E-state index in [0.717, 1.165) is 17.4 Å². The standard InChI is InChI=1S/C11H12N4O/c1-9-13-14-10(2)15(9)12-7-3-5-11-6-4-8-16-11/h3-8H,1-2H3/b5-3?,12-7-. The third-order valence-corrected chi connectivity index (χ3v) is 2.02. The number of aryl methyl sites for hydroxylation is 2. The average molecular weight is 216 g/mol. The van der Waals surface area contributed by atoms with E-state index < -0.39 is 0 Å². The summed E-state index contributed by atoms with van der Waals surface area (Å²) in [5, 5.41) is 12.0. The van der Waals surface area contributed by atoms with Crippen molar-refractivity contribution in [2.45, 2.75) is 13.8 Å². The minimum atomic E-state index is 0.764. The molecule has 2 aromatic rings. The molecule has 2 heterocycles. The topological polar surface area (TPSA) is 56.2 Å². The molecule has 5 nitrogen and oxygen atoms in total. The lowest BCUT2D eigenvalue weighted by atomic mass is 10.4. The molecule has 0 spiro atoms. The molecule has 5 heteroatoms. The van der Waals surface area contributed by atoms with E-state index in [9.17, 15) is 0 Å². The lowest BCUT2D eigenvalue weighted by molar-refractivity contribution is 0.557. The largest absolute Gasteiger partial charge is 0.465 e. The number of allylic oxidation sites excluding steroid dienone is 1. The van der Waals surface area contributed by atoms with Gasteiger partial charge in [0.05, 0.1) is 6.26 Å². The van der Waals surface area contributed by atoms with Crippen LogP contribution >= 0.6 is 0 Å². The zero-order valence-corrected chi connectivity index (χ0v) is 9.16. The van der Waals surface area contributed by atoms with Crippen LogP contribution in [0.5, 0.6) is 0 Å². The van der Waals surface area contributed by atoms with E-state index in [-0.39, 0.29) is 0 Å². The van der Waals surface area contributed by atoms with Gasteiger partial charge in [-0.05, 0) is 38.1 Å². The van der Waals surface area contributed by atoms with Crippen LogP contribution in [0, 0.1) is 13.8 Å². The molecule has 0 fully saturated rings. The second-order valence-corrected chi connectivity index (χ2v) is 3.25. The Hall–Kier alpha value is -2.17. The van der Waals surface area contributed by atoms with Crippen molar-refractivity contribution < 1.29 is 4.42 Å². The van der Waals surface area contributed by atoms with E-state index in [2.05, 4.69) is 15.3 Å². The third-order valence-electron chi connectivity index (χ3n) is 2.02. The van der Waals surface area contributed by atoms with E-state index in [1.54, 1.807) is 23.2 Å². The molecule has 2 aromatic heterocycles. The molecular formula is C11H12N4O. The quantitative estimate of drug-likeness (QED) is 0.737. The van der Waals surface area contributed by atoms with Crippen LogP contribution in [0.1, 0.15) is 17.4 Å². The first kappa shape index (κ1) is 10.4. The van der Waals surface area contributed by atoms with Crippen LogP contribution in [0.4, 0.5) is 0 Å². The number of aromatic nitrogens is 3. The van der Waals surface area contributed by atoms with E-state index >= 15 is 0 Å². The summed E-state index contributed by atoms with van der Waals surface area (Å²) >= 11 is 0. The Balaban J connectivity index is 2.05. The van der Waals surface area contributed by atoms with Gasteiger partial charge >= 0.3 is 0 Å². The van der Waals surface area contributed by atoms with Gasteiger partial charge in [0, 0.05) is 6.21 Å². The Morgan fingerprint density at radius 3 is 2.69 bits per heavy atom. The summed E-state index contributed by atoms with van der Waals surface area (Å²) in [6, 6.07) is 3.71. The van der Waals surface area contributed by atoms with Crippen molar-refractivity contribution in [3.63, 3.8) is 0 Å². The predicted molar refractivity (Wildman–Crippen MR) is 61.1 cm³/mol. The molecule has 2 rings (SSSR count). The highest BCUT2D eigenvalue weighted by molar-refractivity contribution is 5.77. The molecule has 0 N–H and O–H groups in total. The fraction of sp³-hybridized carbons (Fsp3) is 0.182. The van der Waals surface area contributed by atoms with Gasteiger partial charge in [-0.15, -0.1) is 10.2 Å². The molecular weight excluding hydrogens is 204 g/mol. The minimum Gasteiger partial charge on any atom is -0.465 e. The van der Waals surface area contributed by atoms with Crippen LogP contribution in [0.3, 0.4) is 0 Å². The average Bonchev–Trinajstić information content (AvgIpc) is 2.87. The van der Waals surface area contributed by atoms with Gasteiger partial charge in [0.1, 0.15) is 5.76 Å². The lowest BCUT2D eigenvalue weighted by Crippen LogP contribution is -1.94. The minimum absolute atomic E-state index is 0.764. The molecule has 0 aliphatic carbocycles. The van der Waals surface area contributed by atoms with Gasteiger partial charge in [0.25, 0.3) is 0 Å². The third kappa shape index (κ3) is 2.25. The van der Waals surface area contributed by atoms with Crippen LogP contribution in [-0.2, 0) is 0 Å². The van der Waals surface area contributed by atoms with Crippen LogP contribution in [-0.4, -0.2) is 21.1 Å². The number of rotatable bonds is 3. The van der Waals surface area contributed by atoms with Crippen molar-refractivity contribution in [2.24, 2.45) is 5.10 Å². The molecule has 0 bridgehead atoms. The molecule has 0 saturated carbocycles. The smallest absolute Gasteiger partial charge is 0.151 e. The molecule has 16 heavy (non-hydrogen) atoms. The Bertz CT molecular complexity index is 489. The Labute approximate surface area is 93.1 Å². The summed E-state index contributed by atoms with van der Waals surface area (Å²) in [6.45, 7) is 3.71. The van der Waals surface area contributed by atoms with Crippen LogP contribution in [0.25, 0.3) is 6.08 Å². The maximum atomic E-state index is 5.14.